The number of anilines is 1. The van der Waals surface area contributed by atoms with Crippen molar-refractivity contribution in [3.63, 3.8) is 0 Å². The minimum Gasteiger partial charge on any atom is -0.379 e. The van der Waals surface area contributed by atoms with Crippen molar-refractivity contribution in [3.05, 3.63) is 107 Å². The van der Waals surface area contributed by atoms with Crippen LogP contribution in [0.25, 0.3) is 11.3 Å². The quantitative estimate of drug-likeness (QED) is 0.344. The van der Waals surface area contributed by atoms with E-state index in [0.717, 1.165) is 60.1 Å². The standard InChI is InChI=1S/C29H29N3O2S/c33-27(20-25(22-10-4-1-5-11-22)23-12-6-2-7-13-23)30-29-31-28(24-14-8-3-9-15-24)26(35-29)21-32-16-18-34-19-17-32/h1-15,25H,16-21H2,(H,30,31,33). The average Bonchev–Trinajstić information content (AvgIpc) is 3.31. The minimum absolute atomic E-state index is 0.0150. The molecule has 0 aliphatic carbocycles. The Hall–Kier alpha value is -3.32. The fourth-order valence-electron chi connectivity index (χ4n) is 4.45. The van der Waals surface area contributed by atoms with Crippen molar-refractivity contribution in [2.45, 2.75) is 18.9 Å². The summed E-state index contributed by atoms with van der Waals surface area (Å²) in [5.74, 6) is -0.0484. The Morgan fingerprint density at radius 3 is 2.06 bits per heavy atom. The minimum atomic E-state index is -0.0333. The molecule has 1 aromatic heterocycles. The zero-order chi connectivity index (χ0) is 23.9. The summed E-state index contributed by atoms with van der Waals surface area (Å²) < 4.78 is 5.51. The van der Waals surface area contributed by atoms with Gasteiger partial charge in [-0.05, 0) is 11.1 Å². The predicted molar refractivity (Wildman–Crippen MR) is 142 cm³/mol. The Bertz CT molecular complexity index is 1180. The summed E-state index contributed by atoms with van der Waals surface area (Å²) in [4.78, 5) is 21.7. The topological polar surface area (TPSA) is 54.5 Å². The van der Waals surface area contributed by atoms with Crippen molar-refractivity contribution in [1.29, 1.82) is 0 Å². The molecule has 1 aliphatic heterocycles. The number of nitrogens with zero attached hydrogens (tertiary/aromatic N) is 2. The summed E-state index contributed by atoms with van der Waals surface area (Å²) in [5, 5.41) is 3.75. The van der Waals surface area contributed by atoms with Gasteiger partial charge in [0.1, 0.15) is 0 Å². The van der Waals surface area contributed by atoms with Crippen LogP contribution in [0.2, 0.25) is 0 Å². The van der Waals surface area contributed by atoms with Crippen LogP contribution in [0.15, 0.2) is 91.0 Å². The maximum atomic E-state index is 13.2. The lowest BCUT2D eigenvalue weighted by Crippen LogP contribution is -2.35. The molecule has 1 saturated heterocycles. The molecule has 0 spiro atoms. The van der Waals surface area contributed by atoms with Crippen LogP contribution in [0, 0.1) is 0 Å². The number of carbonyl (C=O) groups excluding carboxylic acids is 1. The number of nitrogens with one attached hydrogen (secondary N) is 1. The van der Waals surface area contributed by atoms with E-state index < -0.39 is 0 Å². The molecule has 6 heteroatoms. The normalized spacial score (nSPS) is 14.2. The van der Waals surface area contributed by atoms with Crippen LogP contribution in [0.4, 0.5) is 5.13 Å². The molecule has 178 valence electrons. The van der Waals surface area contributed by atoms with Crippen LogP contribution in [-0.4, -0.2) is 42.1 Å². The first-order valence-electron chi connectivity index (χ1n) is 12.0. The summed E-state index contributed by atoms with van der Waals surface area (Å²) in [6, 6.07) is 30.6. The molecule has 5 rings (SSSR count). The first-order valence-corrected chi connectivity index (χ1v) is 12.8. The number of morpholine rings is 1. The van der Waals surface area contributed by atoms with Crippen molar-refractivity contribution in [3.8, 4) is 11.3 Å². The zero-order valence-corrected chi connectivity index (χ0v) is 20.4. The number of hydrogen-bond acceptors (Lipinski definition) is 5. The van der Waals surface area contributed by atoms with Gasteiger partial charge >= 0.3 is 0 Å². The highest BCUT2D eigenvalue weighted by Gasteiger charge is 2.22. The second kappa shape index (κ2) is 11.4. The van der Waals surface area contributed by atoms with Crippen molar-refractivity contribution >= 4 is 22.4 Å². The van der Waals surface area contributed by atoms with E-state index in [1.54, 1.807) is 11.3 Å². The van der Waals surface area contributed by atoms with E-state index >= 15 is 0 Å². The highest BCUT2D eigenvalue weighted by molar-refractivity contribution is 7.16. The molecule has 0 unspecified atom stereocenters. The van der Waals surface area contributed by atoms with Gasteiger partial charge in [-0.2, -0.15) is 0 Å². The lowest BCUT2D eigenvalue weighted by atomic mass is 9.88. The van der Waals surface area contributed by atoms with E-state index in [2.05, 4.69) is 46.6 Å². The van der Waals surface area contributed by atoms with E-state index in [-0.39, 0.29) is 11.8 Å². The van der Waals surface area contributed by atoms with Crippen LogP contribution in [0.1, 0.15) is 28.3 Å². The van der Waals surface area contributed by atoms with Gasteiger partial charge in [0.25, 0.3) is 0 Å². The number of benzene rings is 3. The Morgan fingerprint density at radius 2 is 1.46 bits per heavy atom. The van der Waals surface area contributed by atoms with Crippen molar-refractivity contribution in [2.24, 2.45) is 0 Å². The third-order valence-corrected chi connectivity index (χ3v) is 7.21. The number of amides is 1. The van der Waals surface area contributed by atoms with E-state index in [0.29, 0.717) is 11.6 Å². The molecule has 0 radical (unpaired) electrons. The first kappa shape index (κ1) is 23.4. The number of aromatic nitrogens is 1. The molecule has 3 aromatic carbocycles. The fraction of sp³-hybridized carbons (Fsp3) is 0.241. The molecule has 1 N–H and O–H groups in total. The lowest BCUT2D eigenvalue weighted by molar-refractivity contribution is -0.116. The first-order chi connectivity index (χ1) is 17.3. The monoisotopic (exact) mass is 483 g/mol. The largest absolute Gasteiger partial charge is 0.379 e. The average molecular weight is 484 g/mol. The zero-order valence-electron chi connectivity index (χ0n) is 19.6. The lowest BCUT2D eigenvalue weighted by Gasteiger charge is -2.26. The Morgan fingerprint density at radius 1 is 0.886 bits per heavy atom. The second-order valence-electron chi connectivity index (χ2n) is 8.67. The van der Waals surface area contributed by atoms with Gasteiger partial charge < -0.3 is 10.1 Å². The summed E-state index contributed by atoms with van der Waals surface area (Å²) in [7, 11) is 0. The molecular formula is C29H29N3O2S. The molecule has 1 fully saturated rings. The molecule has 1 amide bonds. The van der Waals surface area contributed by atoms with Gasteiger partial charge in [-0.3, -0.25) is 9.69 Å². The number of ether oxygens (including phenoxy) is 1. The smallest absolute Gasteiger partial charge is 0.227 e. The van der Waals surface area contributed by atoms with Crippen molar-refractivity contribution < 1.29 is 9.53 Å². The van der Waals surface area contributed by atoms with Crippen molar-refractivity contribution in [2.75, 3.05) is 31.6 Å². The van der Waals surface area contributed by atoms with Gasteiger partial charge in [0.2, 0.25) is 5.91 Å². The van der Waals surface area contributed by atoms with E-state index in [9.17, 15) is 4.79 Å². The molecule has 0 bridgehead atoms. The van der Waals surface area contributed by atoms with Crippen LogP contribution >= 0.6 is 11.3 Å². The van der Waals surface area contributed by atoms with Crippen LogP contribution in [0.3, 0.4) is 0 Å². The maximum Gasteiger partial charge on any atom is 0.227 e. The summed E-state index contributed by atoms with van der Waals surface area (Å²) >= 11 is 1.57. The van der Waals surface area contributed by atoms with Gasteiger partial charge in [-0.25, -0.2) is 4.98 Å². The third kappa shape index (κ3) is 6.03. The van der Waals surface area contributed by atoms with Crippen LogP contribution in [-0.2, 0) is 16.1 Å². The molecule has 0 saturated carbocycles. The Labute approximate surface area is 210 Å². The van der Waals surface area contributed by atoms with Gasteiger partial charge in [0.05, 0.1) is 18.9 Å². The van der Waals surface area contributed by atoms with E-state index in [1.165, 1.54) is 0 Å². The molecule has 2 heterocycles. The number of thiazole rings is 1. The second-order valence-corrected chi connectivity index (χ2v) is 9.76. The van der Waals surface area contributed by atoms with Gasteiger partial charge in [-0.1, -0.05) is 102 Å². The van der Waals surface area contributed by atoms with Gasteiger partial charge in [-0.15, -0.1) is 0 Å². The maximum absolute atomic E-state index is 13.2. The molecule has 35 heavy (non-hydrogen) atoms. The SMILES string of the molecule is O=C(CC(c1ccccc1)c1ccccc1)Nc1nc(-c2ccccc2)c(CN2CCOCC2)s1. The number of rotatable bonds is 8. The molecule has 1 aliphatic rings. The predicted octanol–water partition coefficient (Wildman–Crippen LogP) is 5.80. The highest BCUT2D eigenvalue weighted by Crippen LogP contribution is 2.33. The van der Waals surface area contributed by atoms with Crippen molar-refractivity contribution in [1.82, 2.24) is 9.88 Å². The summed E-state index contributed by atoms with van der Waals surface area (Å²) in [5.41, 5.74) is 4.27. The molecule has 0 atom stereocenters. The Kier molecular flexibility index (Phi) is 7.63. The van der Waals surface area contributed by atoms with Gasteiger partial charge in [0, 0.05) is 42.4 Å². The van der Waals surface area contributed by atoms with Gasteiger partial charge in [0.15, 0.2) is 5.13 Å². The third-order valence-electron chi connectivity index (χ3n) is 6.26. The van der Waals surface area contributed by atoms with Crippen LogP contribution in [0.5, 0.6) is 0 Å². The highest BCUT2D eigenvalue weighted by atomic mass is 32.1. The number of carbonyl (C=O) groups is 1. The number of hydrogen-bond donors (Lipinski definition) is 1. The molecule has 5 nitrogen and oxygen atoms in total. The molecule has 4 aromatic rings. The molecular weight excluding hydrogens is 454 g/mol. The fourth-order valence-corrected chi connectivity index (χ4v) is 5.49. The van der Waals surface area contributed by atoms with E-state index in [1.807, 2.05) is 54.6 Å². The van der Waals surface area contributed by atoms with E-state index in [4.69, 9.17) is 9.72 Å². The Balaban J connectivity index is 1.37. The van der Waals surface area contributed by atoms with Crippen LogP contribution < -0.4 is 5.32 Å². The summed E-state index contributed by atoms with van der Waals surface area (Å²) in [6.07, 6.45) is 0.354. The summed E-state index contributed by atoms with van der Waals surface area (Å²) in [6.45, 7) is 4.12.